The van der Waals surface area contributed by atoms with E-state index in [1.54, 1.807) is 12.1 Å². The van der Waals surface area contributed by atoms with Crippen LogP contribution in [0.15, 0.2) is 47.3 Å². The van der Waals surface area contributed by atoms with E-state index in [1.807, 2.05) is 35.2 Å². The lowest BCUT2D eigenvalue weighted by Gasteiger charge is -2.39. The smallest absolute Gasteiger partial charge is 0.266 e. The second-order valence-electron chi connectivity index (χ2n) is 7.26. The fourth-order valence-corrected chi connectivity index (χ4v) is 3.86. The molecule has 2 aliphatic heterocycles. The summed E-state index contributed by atoms with van der Waals surface area (Å²) in [4.78, 5) is 26.4. The normalized spacial score (nSPS) is 22.9. The van der Waals surface area contributed by atoms with Crippen molar-refractivity contribution in [2.24, 2.45) is 5.41 Å². The number of piperidine rings is 1. The Morgan fingerprint density at radius 2 is 1.88 bits per heavy atom. The quantitative estimate of drug-likeness (QED) is 0.843. The van der Waals surface area contributed by atoms with E-state index in [1.165, 1.54) is 4.68 Å². The Morgan fingerprint density at radius 3 is 2.65 bits per heavy atom. The Hall–Kier alpha value is -2.47. The first-order valence-corrected chi connectivity index (χ1v) is 9.14. The lowest BCUT2D eigenvalue weighted by molar-refractivity contribution is -0.137. The number of likely N-dealkylation sites (tertiary alicyclic amines) is 1. The minimum Gasteiger partial charge on any atom is -0.381 e. The molecule has 0 saturated carbocycles. The summed E-state index contributed by atoms with van der Waals surface area (Å²) in [5, 5.41) is 4.48. The van der Waals surface area contributed by atoms with Crippen LogP contribution in [0.2, 0.25) is 0 Å². The van der Waals surface area contributed by atoms with Gasteiger partial charge in [0, 0.05) is 43.2 Å². The highest BCUT2D eigenvalue weighted by atomic mass is 16.5. The Labute approximate surface area is 152 Å². The third-order valence-corrected chi connectivity index (χ3v) is 5.45. The third-order valence-electron chi connectivity index (χ3n) is 5.45. The van der Waals surface area contributed by atoms with Crippen LogP contribution in [-0.4, -0.2) is 46.9 Å². The van der Waals surface area contributed by atoms with E-state index in [-0.39, 0.29) is 16.9 Å². The summed E-state index contributed by atoms with van der Waals surface area (Å²) in [6, 6.07) is 13.1. The number of rotatable bonds is 4. The van der Waals surface area contributed by atoms with Gasteiger partial charge in [0.25, 0.3) is 5.56 Å². The second-order valence-corrected chi connectivity index (χ2v) is 7.26. The number of ether oxygens (including phenoxy) is 1. The van der Waals surface area contributed by atoms with Crippen molar-refractivity contribution >= 4 is 5.91 Å². The van der Waals surface area contributed by atoms with Crippen LogP contribution in [-0.2, 0) is 16.1 Å². The molecule has 0 N–H and O–H groups in total. The molecule has 4 rings (SSSR count). The molecule has 1 amide bonds. The molecule has 6 nitrogen and oxygen atoms in total. The fraction of sp³-hybridized carbons (Fsp3) is 0.450. The van der Waals surface area contributed by atoms with E-state index in [4.69, 9.17) is 4.74 Å². The first-order chi connectivity index (χ1) is 12.7. The molecular weight excluding hydrogens is 330 g/mol. The van der Waals surface area contributed by atoms with E-state index in [2.05, 4.69) is 5.10 Å². The number of hydrogen-bond acceptors (Lipinski definition) is 4. The van der Waals surface area contributed by atoms with Crippen molar-refractivity contribution in [3.63, 3.8) is 0 Å². The molecular formula is C20H23N3O3. The monoisotopic (exact) mass is 353 g/mol. The minimum absolute atomic E-state index is 0.109. The van der Waals surface area contributed by atoms with Gasteiger partial charge < -0.3 is 9.64 Å². The van der Waals surface area contributed by atoms with Crippen LogP contribution in [0.3, 0.4) is 0 Å². The Kier molecular flexibility index (Phi) is 4.59. The maximum atomic E-state index is 12.3. The van der Waals surface area contributed by atoms with Crippen LogP contribution in [0.5, 0.6) is 0 Å². The van der Waals surface area contributed by atoms with Gasteiger partial charge in [0.05, 0.1) is 18.8 Å². The SMILES string of the molecule is O=C1CCC2(CCOC2)CN1CCn1nc(-c2ccccc2)ccc1=O. The predicted molar refractivity (Wildman–Crippen MR) is 97.6 cm³/mol. The molecule has 136 valence electrons. The average molecular weight is 353 g/mol. The van der Waals surface area contributed by atoms with Crippen LogP contribution >= 0.6 is 0 Å². The van der Waals surface area contributed by atoms with Crippen LogP contribution in [0.1, 0.15) is 19.3 Å². The zero-order chi connectivity index (χ0) is 18.0. The van der Waals surface area contributed by atoms with Crippen molar-refractivity contribution in [2.45, 2.75) is 25.8 Å². The molecule has 0 aliphatic carbocycles. The second kappa shape index (κ2) is 7.03. The summed E-state index contributed by atoms with van der Waals surface area (Å²) >= 11 is 0. The van der Waals surface area contributed by atoms with E-state index in [0.717, 1.165) is 43.9 Å². The Bertz CT molecular complexity index is 841. The molecule has 1 unspecified atom stereocenters. The van der Waals surface area contributed by atoms with Gasteiger partial charge >= 0.3 is 0 Å². The molecule has 0 radical (unpaired) electrons. The fourth-order valence-electron chi connectivity index (χ4n) is 3.86. The van der Waals surface area contributed by atoms with Gasteiger partial charge in [-0.1, -0.05) is 30.3 Å². The van der Waals surface area contributed by atoms with Crippen LogP contribution in [0.4, 0.5) is 0 Å². The van der Waals surface area contributed by atoms with Gasteiger partial charge in [0.1, 0.15) is 0 Å². The summed E-state index contributed by atoms with van der Waals surface area (Å²) in [6.07, 6.45) is 2.48. The summed E-state index contributed by atoms with van der Waals surface area (Å²) in [5.41, 5.74) is 1.69. The molecule has 2 fully saturated rings. The molecule has 6 heteroatoms. The van der Waals surface area contributed by atoms with Gasteiger partial charge in [-0.05, 0) is 18.9 Å². The van der Waals surface area contributed by atoms with Gasteiger partial charge in [-0.15, -0.1) is 0 Å². The zero-order valence-corrected chi connectivity index (χ0v) is 14.8. The number of amides is 1. The lowest BCUT2D eigenvalue weighted by atomic mass is 9.79. The first kappa shape index (κ1) is 17.0. The molecule has 2 saturated heterocycles. The van der Waals surface area contributed by atoms with Crippen LogP contribution in [0, 0.1) is 5.41 Å². The highest BCUT2D eigenvalue weighted by Gasteiger charge is 2.41. The Morgan fingerprint density at radius 1 is 1.04 bits per heavy atom. The van der Waals surface area contributed by atoms with E-state index < -0.39 is 0 Å². The maximum Gasteiger partial charge on any atom is 0.266 e. The topological polar surface area (TPSA) is 64.4 Å². The highest BCUT2D eigenvalue weighted by molar-refractivity contribution is 5.77. The number of hydrogen-bond donors (Lipinski definition) is 0. The number of nitrogens with zero attached hydrogens (tertiary/aromatic N) is 3. The summed E-state index contributed by atoms with van der Waals surface area (Å²) in [6.45, 7) is 3.15. The summed E-state index contributed by atoms with van der Waals surface area (Å²) in [7, 11) is 0. The number of aromatic nitrogens is 2. The van der Waals surface area contributed by atoms with Crippen molar-refractivity contribution in [1.82, 2.24) is 14.7 Å². The van der Waals surface area contributed by atoms with Crippen molar-refractivity contribution in [2.75, 3.05) is 26.3 Å². The van der Waals surface area contributed by atoms with Gasteiger partial charge in [0.2, 0.25) is 5.91 Å². The molecule has 1 aromatic carbocycles. The molecule has 1 spiro atoms. The number of carbonyl (C=O) groups excluding carboxylic acids is 1. The lowest BCUT2D eigenvalue weighted by Crippen LogP contribution is -2.48. The van der Waals surface area contributed by atoms with E-state index >= 15 is 0 Å². The average Bonchev–Trinajstić information content (AvgIpc) is 3.12. The van der Waals surface area contributed by atoms with Crippen molar-refractivity contribution in [1.29, 1.82) is 0 Å². The van der Waals surface area contributed by atoms with Crippen molar-refractivity contribution < 1.29 is 9.53 Å². The summed E-state index contributed by atoms with van der Waals surface area (Å²) < 4.78 is 7.02. The minimum atomic E-state index is -0.145. The number of benzene rings is 1. The molecule has 1 aromatic heterocycles. The van der Waals surface area contributed by atoms with Crippen molar-refractivity contribution in [3.8, 4) is 11.3 Å². The molecule has 2 aromatic rings. The zero-order valence-electron chi connectivity index (χ0n) is 14.8. The standard InChI is InChI=1S/C20H23N3O3/c24-18-8-9-20(10-13-26-15-20)14-22(18)11-12-23-19(25)7-6-17(21-23)16-4-2-1-3-5-16/h1-7H,8-15H2. The van der Waals surface area contributed by atoms with E-state index in [9.17, 15) is 9.59 Å². The van der Waals surface area contributed by atoms with E-state index in [0.29, 0.717) is 19.5 Å². The van der Waals surface area contributed by atoms with Crippen LogP contribution < -0.4 is 5.56 Å². The summed E-state index contributed by atoms with van der Waals surface area (Å²) in [5.74, 6) is 0.162. The van der Waals surface area contributed by atoms with Gasteiger partial charge in [0.15, 0.2) is 0 Å². The Balaban J connectivity index is 1.48. The molecule has 3 heterocycles. The first-order valence-electron chi connectivity index (χ1n) is 9.14. The highest BCUT2D eigenvalue weighted by Crippen LogP contribution is 2.37. The van der Waals surface area contributed by atoms with Crippen LogP contribution in [0.25, 0.3) is 11.3 Å². The van der Waals surface area contributed by atoms with Crippen molar-refractivity contribution in [3.05, 3.63) is 52.8 Å². The molecule has 26 heavy (non-hydrogen) atoms. The number of carbonyl (C=O) groups is 1. The molecule has 0 bridgehead atoms. The largest absolute Gasteiger partial charge is 0.381 e. The maximum absolute atomic E-state index is 12.3. The molecule has 2 aliphatic rings. The van der Waals surface area contributed by atoms with Gasteiger partial charge in [-0.25, -0.2) is 4.68 Å². The van der Waals surface area contributed by atoms with Gasteiger partial charge in [-0.3, -0.25) is 9.59 Å². The third kappa shape index (κ3) is 3.42. The van der Waals surface area contributed by atoms with Gasteiger partial charge in [-0.2, -0.15) is 5.10 Å². The predicted octanol–water partition coefficient (Wildman–Crippen LogP) is 1.94. The molecule has 1 atom stereocenters.